The van der Waals surface area contributed by atoms with Gasteiger partial charge in [-0.05, 0) is 48.9 Å². The number of aryl methyl sites for hydroxylation is 1. The van der Waals surface area contributed by atoms with Crippen molar-refractivity contribution in [1.82, 2.24) is 15.2 Å². The third-order valence-electron chi connectivity index (χ3n) is 4.88. The number of aromatic hydroxyl groups is 1. The molecular weight excluding hydrogens is 389 g/mol. The molecule has 7 nitrogen and oxygen atoms in total. The van der Waals surface area contributed by atoms with Gasteiger partial charge in [0.05, 0.1) is 13.7 Å². The molecule has 30 heavy (non-hydrogen) atoms. The number of methoxy groups -OCH3 is 1. The molecule has 0 spiro atoms. The number of hydrogen-bond donors (Lipinski definition) is 3. The molecule has 3 aromatic rings. The zero-order chi connectivity index (χ0) is 21.5. The molecule has 0 bridgehead atoms. The number of hydrogen-bond acceptors (Lipinski definition) is 4. The van der Waals surface area contributed by atoms with E-state index >= 15 is 0 Å². The minimum Gasteiger partial charge on any atom is -0.497 e. The van der Waals surface area contributed by atoms with Gasteiger partial charge in [0.25, 0.3) is 5.91 Å². The van der Waals surface area contributed by atoms with Crippen LogP contribution in [0, 0.1) is 24.6 Å². The van der Waals surface area contributed by atoms with Crippen molar-refractivity contribution >= 4 is 22.7 Å². The number of halogens is 1. The number of rotatable bonds is 3. The minimum absolute atomic E-state index is 0.0966. The van der Waals surface area contributed by atoms with Crippen molar-refractivity contribution < 1.29 is 23.8 Å². The Hall–Kier alpha value is -3.99. The smallest absolute Gasteiger partial charge is 0.323 e. The van der Waals surface area contributed by atoms with Crippen LogP contribution in [0.1, 0.15) is 11.1 Å². The van der Waals surface area contributed by atoms with Crippen LogP contribution in [0.15, 0.2) is 42.6 Å². The maximum atomic E-state index is 13.7. The Morgan fingerprint density at radius 3 is 2.70 bits per heavy atom. The summed E-state index contributed by atoms with van der Waals surface area (Å²) in [7, 11) is 1.52. The van der Waals surface area contributed by atoms with Crippen molar-refractivity contribution in [3.8, 4) is 23.5 Å². The fourth-order valence-electron chi connectivity index (χ4n) is 3.45. The second kappa shape index (κ2) is 7.12. The highest BCUT2D eigenvalue weighted by Gasteiger charge is 2.46. The summed E-state index contributed by atoms with van der Waals surface area (Å²) >= 11 is 0. The molecule has 0 radical (unpaired) electrons. The average molecular weight is 407 g/mol. The third kappa shape index (κ3) is 3.42. The number of aromatic nitrogens is 1. The normalized spacial score (nSPS) is 18.0. The first-order valence-corrected chi connectivity index (χ1v) is 9.09. The molecule has 1 aliphatic rings. The number of carbonyl (C=O) groups is 2. The predicted molar refractivity (Wildman–Crippen MR) is 108 cm³/mol. The topological polar surface area (TPSA) is 92.6 Å². The monoisotopic (exact) mass is 407 g/mol. The first-order valence-electron chi connectivity index (χ1n) is 9.09. The van der Waals surface area contributed by atoms with Crippen LogP contribution in [0.5, 0.6) is 11.6 Å². The molecule has 1 atom stereocenters. The number of benzene rings is 2. The van der Waals surface area contributed by atoms with Crippen LogP contribution in [0.3, 0.4) is 0 Å². The summed E-state index contributed by atoms with van der Waals surface area (Å²) in [5, 5.41) is 16.6. The molecular formula is C22H18FN3O4. The zero-order valence-corrected chi connectivity index (χ0v) is 16.2. The molecule has 3 N–H and O–H groups in total. The summed E-state index contributed by atoms with van der Waals surface area (Å²) in [6.45, 7) is 1.58. The van der Waals surface area contributed by atoms with Crippen LogP contribution in [0.4, 0.5) is 9.18 Å². The molecule has 8 heteroatoms. The van der Waals surface area contributed by atoms with E-state index in [4.69, 9.17) is 4.74 Å². The van der Waals surface area contributed by atoms with Crippen LogP contribution in [0.25, 0.3) is 10.8 Å². The molecule has 152 valence electrons. The molecule has 3 amide bonds. The van der Waals surface area contributed by atoms with E-state index < -0.39 is 23.3 Å². The van der Waals surface area contributed by atoms with Gasteiger partial charge < -0.3 is 19.7 Å². The molecule has 1 aliphatic heterocycles. The molecule has 2 aromatic carbocycles. The van der Waals surface area contributed by atoms with E-state index in [2.05, 4.69) is 22.5 Å². The number of amides is 3. The third-order valence-corrected chi connectivity index (χ3v) is 4.88. The van der Waals surface area contributed by atoms with Gasteiger partial charge in [0.15, 0.2) is 5.88 Å². The standard InChI is InChI=1S/C22H18FN3O4/c1-13-7-14(9-16(23)8-13)5-6-22(20(28)24-21(29)25-22)12-26-11-15-3-4-17(30-2)10-18(15)19(26)27/h3-4,7-11,27H,12H2,1-2H3,(H2,24,25,28,29)/t22-/m1/s1. The van der Waals surface area contributed by atoms with Crippen LogP contribution in [-0.2, 0) is 11.3 Å². The molecule has 0 aliphatic carbocycles. The Kier molecular flexibility index (Phi) is 4.59. The lowest BCUT2D eigenvalue weighted by Crippen LogP contribution is -2.49. The fraction of sp³-hybridized carbons (Fsp3) is 0.182. The van der Waals surface area contributed by atoms with Crippen LogP contribution < -0.4 is 15.4 Å². The molecule has 1 aromatic heterocycles. The van der Waals surface area contributed by atoms with Gasteiger partial charge in [-0.3, -0.25) is 10.1 Å². The molecule has 1 saturated heterocycles. The highest BCUT2D eigenvalue weighted by Crippen LogP contribution is 2.32. The van der Waals surface area contributed by atoms with Gasteiger partial charge in [0.1, 0.15) is 11.6 Å². The summed E-state index contributed by atoms with van der Waals surface area (Å²) in [5.41, 5.74) is -0.586. The van der Waals surface area contributed by atoms with Crippen LogP contribution in [-0.4, -0.2) is 34.3 Å². The van der Waals surface area contributed by atoms with Gasteiger partial charge in [0, 0.05) is 22.5 Å². The van der Waals surface area contributed by atoms with Gasteiger partial charge in [-0.25, -0.2) is 9.18 Å². The summed E-state index contributed by atoms with van der Waals surface area (Å²) < 4.78 is 20.3. The summed E-state index contributed by atoms with van der Waals surface area (Å²) in [6.07, 6.45) is 1.65. The maximum Gasteiger partial charge on any atom is 0.323 e. The van der Waals surface area contributed by atoms with Crippen molar-refractivity contribution in [2.24, 2.45) is 0 Å². The fourth-order valence-corrected chi connectivity index (χ4v) is 3.45. The highest BCUT2D eigenvalue weighted by molar-refractivity contribution is 6.09. The number of urea groups is 1. The second-order valence-corrected chi connectivity index (χ2v) is 7.11. The molecule has 0 unspecified atom stereocenters. The van der Waals surface area contributed by atoms with E-state index in [-0.39, 0.29) is 12.4 Å². The van der Waals surface area contributed by atoms with E-state index in [0.717, 1.165) is 5.39 Å². The van der Waals surface area contributed by atoms with Crippen molar-refractivity contribution in [2.75, 3.05) is 7.11 Å². The Bertz CT molecular complexity index is 1230. The number of fused-ring (bicyclic) bond motifs is 1. The molecule has 4 rings (SSSR count). The number of nitrogens with zero attached hydrogens (tertiary/aromatic N) is 1. The van der Waals surface area contributed by atoms with Gasteiger partial charge in [-0.2, -0.15) is 0 Å². The van der Waals surface area contributed by atoms with E-state index in [1.807, 2.05) is 0 Å². The van der Waals surface area contributed by atoms with Crippen molar-refractivity contribution in [3.63, 3.8) is 0 Å². The van der Waals surface area contributed by atoms with E-state index in [9.17, 15) is 19.1 Å². The lowest BCUT2D eigenvalue weighted by Gasteiger charge is -2.20. The predicted octanol–water partition coefficient (Wildman–Crippen LogP) is 2.43. The Morgan fingerprint density at radius 2 is 2.03 bits per heavy atom. The summed E-state index contributed by atoms with van der Waals surface area (Å²) in [6, 6.07) is 8.78. The van der Waals surface area contributed by atoms with E-state index in [1.54, 1.807) is 37.4 Å². The lowest BCUT2D eigenvalue weighted by molar-refractivity contribution is -0.122. The molecule has 2 heterocycles. The van der Waals surface area contributed by atoms with Crippen LogP contribution in [0.2, 0.25) is 0 Å². The maximum absolute atomic E-state index is 13.7. The lowest BCUT2D eigenvalue weighted by atomic mass is 9.99. The van der Waals surface area contributed by atoms with Gasteiger partial charge >= 0.3 is 6.03 Å². The number of carbonyl (C=O) groups excluding carboxylic acids is 2. The summed E-state index contributed by atoms with van der Waals surface area (Å²) in [5.74, 6) is 4.92. The van der Waals surface area contributed by atoms with E-state index in [1.165, 1.54) is 23.8 Å². The second-order valence-electron chi connectivity index (χ2n) is 7.11. The Balaban J connectivity index is 1.77. The largest absolute Gasteiger partial charge is 0.497 e. The number of ether oxygens (including phenoxy) is 1. The zero-order valence-electron chi connectivity index (χ0n) is 16.2. The highest BCUT2D eigenvalue weighted by atomic mass is 19.1. The van der Waals surface area contributed by atoms with E-state index in [0.29, 0.717) is 22.3 Å². The van der Waals surface area contributed by atoms with Gasteiger partial charge in [-0.15, -0.1) is 0 Å². The van der Waals surface area contributed by atoms with Gasteiger partial charge in [0.2, 0.25) is 5.54 Å². The SMILES string of the molecule is COc1ccc2cn(C[C@@]3(C#Cc4cc(C)cc(F)c4)NC(=O)NC3=O)c(O)c2c1. The van der Waals surface area contributed by atoms with Crippen molar-refractivity contribution in [2.45, 2.75) is 19.0 Å². The van der Waals surface area contributed by atoms with Crippen molar-refractivity contribution in [3.05, 3.63) is 59.5 Å². The quantitative estimate of drug-likeness (QED) is 0.459. The number of imide groups is 1. The summed E-state index contributed by atoms with van der Waals surface area (Å²) in [4.78, 5) is 24.5. The Labute approximate surface area is 171 Å². The van der Waals surface area contributed by atoms with Gasteiger partial charge in [-0.1, -0.05) is 11.8 Å². The van der Waals surface area contributed by atoms with Crippen LogP contribution >= 0.6 is 0 Å². The van der Waals surface area contributed by atoms with Crippen molar-refractivity contribution in [1.29, 1.82) is 0 Å². The Morgan fingerprint density at radius 1 is 1.23 bits per heavy atom. The minimum atomic E-state index is -1.63. The average Bonchev–Trinajstić information content (AvgIpc) is 3.15. The molecule has 1 fully saturated rings. The first kappa shape index (κ1) is 19.3. The number of nitrogens with one attached hydrogen (secondary N) is 2. The first-order chi connectivity index (χ1) is 14.3. The molecule has 0 saturated carbocycles.